The first-order valence-corrected chi connectivity index (χ1v) is 5.82. The van der Waals surface area contributed by atoms with Crippen LogP contribution in [0, 0.1) is 19.7 Å². The van der Waals surface area contributed by atoms with Crippen LogP contribution in [0.3, 0.4) is 0 Å². The lowest BCUT2D eigenvalue weighted by atomic mass is 10.1. The van der Waals surface area contributed by atoms with Gasteiger partial charge in [-0.3, -0.25) is 4.98 Å². The van der Waals surface area contributed by atoms with Crippen molar-refractivity contribution in [3.05, 3.63) is 35.7 Å². The number of anilines is 1. The summed E-state index contributed by atoms with van der Waals surface area (Å²) in [6.07, 6.45) is 2.78. The van der Waals surface area contributed by atoms with Crippen LogP contribution in [-0.4, -0.2) is 21.5 Å². The number of nitrogens with one attached hydrogen (secondary N) is 1. The zero-order valence-corrected chi connectivity index (χ0v) is 10.7. The fraction of sp³-hybridized carbons (Fsp3) is 0.308. The molecule has 0 aliphatic carbocycles. The molecule has 0 aromatic carbocycles. The van der Waals surface area contributed by atoms with E-state index in [1.54, 1.807) is 6.20 Å². The van der Waals surface area contributed by atoms with Gasteiger partial charge in [0, 0.05) is 23.9 Å². The highest BCUT2D eigenvalue weighted by atomic mass is 19.1. The quantitative estimate of drug-likeness (QED) is 0.904. The van der Waals surface area contributed by atoms with Crippen LogP contribution in [0.1, 0.15) is 18.3 Å². The molecule has 0 fully saturated rings. The number of halogens is 1. The first-order chi connectivity index (χ1) is 8.61. The molecule has 2 rings (SSSR count). The molecular formula is C13H15FN4. The topological polar surface area (TPSA) is 50.7 Å². The van der Waals surface area contributed by atoms with E-state index in [9.17, 15) is 4.39 Å². The monoisotopic (exact) mass is 246 g/mol. The molecule has 18 heavy (non-hydrogen) atoms. The Morgan fingerprint density at radius 1 is 1.22 bits per heavy atom. The molecule has 2 heterocycles. The Hall–Kier alpha value is -2.04. The number of rotatable bonds is 3. The van der Waals surface area contributed by atoms with Crippen molar-refractivity contribution in [1.82, 2.24) is 15.0 Å². The summed E-state index contributed by atoms with van der Waals surface area (Å²) >= 11 is 0. The van der Waals surface area contributed by atoms with Crippen LogP contribution in [0.2, 0.25) is 0 Å². The molecule has 4 nitrogen and oxygen atoms in total. The minimum absolute atomic E-state index is 0.367. The van der Waals surface area contributed by atoms with Gasteiger partial charge in [-0.25, -0.2) is 14.4 Å². The first kappa shape index (κ1) is 12.4. The third kappa shape index (κ3) is 2.45. The van der Waals surface area contributed by atoms with Crippen molar-refractivity contribution in [3.63, 3.8) is 0 Å². The van der Waals surface area contributed by atoms with Crippen molar-refractivity contribution in [2.45, 2.75) is 20.8 Å². The van der Waals surface area contributed by atoms with Crippen LogP contribution in [0.25, 0.3) is 11.3 Å². The minimum atomic E-state index is -0.367. The van der Waals surface area contributed by atoms with E-state index in [0.717, 1.165) is 17.9 Å². The van der Waals surface area contributed by atoms with E-state index >= 15 is 0 Å². The zero-order chi connectivity index (χ0) is 13.1. The Balaban J connectivity index is 2.56. The molecule has 2 aromatic rings. The minimum Gasteiger partial charge on any atom is -0.370 e. The molecule has 94 valence electrons. The molecule has 0 aliphatic heterocycles. The fourth-order valence-electron chi connectivity index (χ4n) is 1.79. The summed E-state index contributed by atoms with van der Waals surface area (Å²) in [5.74, 6) is 1.06. The fourth-order valence-corrected chi connectivity index (χ4v) is 1.79. The van der Waals surface area contributed by atoms with Gasteiger partial charge >= 0.3 is 0 Å². The van der Waals surface area contributed by atoms with Crippen LogP contribution in [-0.2, 0) is 0 Å². The third-order valence-corrected chi connectivity index (χ3v) is 2.58. The summed E-state index contributed by atoms with van der Waals surface area (Å²) in [7, 11) is 0. The van der Waals surface area contributed by atoms with Gasteiger partial charge in [0.25, 0.3) is 0 Å². The Morgan fingerprint density at radius 2 is 2.00 bits per heavy atom. The van der Waals surface area contributed by atoms with Gasteiger partial charge in [0.15, 0.2) is 0 Å². The Bertz CT molecular complexity index is 569. The second-order valence-electron chi connectivity index (χ2n) is 4.02. The normalized spacial score (nSPS) is 10.4. The van der Waals surface area contributed by atoms with Gasteiger partial charge in [0.05, 0.1) is 11.9 Å². The van der Waals surface area contributed by atoms with E-state index < -0.39 is 0 Å². The van der Waals surface area contributed by atoms with E-state index in [1.165, 1.54) is 12.3 Å². The number of hydrogen-bond acceptors (Lipinski definition) is 4. The molecule has 0 atom stereocenters. The smallest absolute Gasteiger partial charge is 0.142 e. The van der Waals surface area contributed by atoms with Gasteiger partial charge in [-0.2, -0.15) is 0 Å². The Labute approximate surface area is 105 Å². The SMILES string of the molecule is CCNc1nc(C)nc(-c2cncc(F)c2)c1C. The predicted molar refractivity (Wildman–Crippen MR) is 68.9 cm³/mol. The van der Waals surface area contributed by atoms with Gasteiger partial charge in [-0.15, -0.1) is 0 Å². The number of hydrogen-bond donors (Lipinski definition) is 1. The maximum atomic E-state index is 13.2. The van der Waals surface area contributed by atoms with Crippen molar-refractivity contribution in [2.75, 3.05) is 11.9 Å². The van der Waals surface area contributed by atoms with E-state index in [-0.39, 0.29) is 5.82 Å². The maximum Gasteiger partial charge on any atom is 0.142 e. The van der Waals surface area contributed by atoms with Crippen molar-refractivity contribution in [1.29, 1.82) is 0 Å². The second kappa shape index (κ2) is 5.08. The van der Waals surface area contributed by atoms with Gasteiger partial charge < -0.3 is 5.32 Å². The van der Waals surface area contributed by atoms with E-state index in [4.69, 9.17) is 0 Å². The van der Waals surface area contributed by atoms with Crippen LogP contribution in [0.4, 0.5) is 10.2 Å². The van der Waals surface area contributed by atoms with Crippen LogP contribution < -0.4 is 5.32 Å². The summed E-state index contributed by atoms with van der Waals surface area (Å²) < 4.78 is 13.2. The molecule has 0 saturated heterocycles. The lowest BCUT2D eigenvalue weighted by molar-refractivity contribution is 0.622. The molecule has 0 bridgehead atoms. The van der Waals surface area contributed by atoms with Gasteiger partial charge in [0.1, 0.15) is 17.5 Å². The van der Waals surface area contributed by atoms with E-state index in [1.807, 2.05) is 20.8 Å². The second-order valence-corrected chi connectivity index (χ2v) is 4.02. The number of pyridine rings is 1. The van der Waals surface area contributed by atoms with Crippen molar-refractivity contribution in [3.8, 4) is 11.3 Å². The Kier molecular flexibility index (Phi) is 3.50. The lowest BCUT2D eigenvalue weighted by Gasteiger charge is -2.11. The van der Waals surface area contributed by atoms with Crippen LogP contribution in [0.5, 0.6) is 0 Å². The standard InChI is InChI=1S/C13H15FN4/c1-4-16-13-8(2)12(17-9(3)18-13)10-5-11(14)7-15-6-10/h5-7H,4H2,1-3H3,(H,16,17,18). The largest absolute Gasteiger partial charge is 0.370 e. The summed E-state index contributed by atoms with van der Waals surface area (Å²) in [5.41, 5.74) is 2.28. The molecule has 0 radical (unpaired) electrons. The highest BCUT2D eigenvalue weighted by Gasteiger charge is 2.11. The number of nitrogens with zero attached hydrogens (tertiary/aromatic N) is 3. The number of aromatic nitrogens is 3. The van der Waals surface area contributed by atoms with Gasteiger partial charge in [0.2, 0.25) is 0 Å². The summed E-state index contributed by atoms with van der Waals surface area (Å²) in [5, 5.41) is 3.18. The van der Waals surface area contributed by atoms with Crippen LogP contribution in [0.15, 0.2) is 18.5 Å². The molecule has 1 N–H and O–H groups in total. The highest BCUT2D eigenvalue weighted by molar-refractivity contribution is 5.67. The van der Waals surface area contributed by atoms with Crippen molar-refractivity contribution >= 4 is 5.82 Å². The van der Waals surface area contributed by atoms with Gasteiger partial charge in [-0.05, 0) is 26.8 Å². The first-order valence-electron chi connectivity index (χ1n) is 5.82. The molecular weight excluding hydrogens is 231 g/mol. The number of aryl methyl sites for hydroxylation is 1. The molecule has 5 heteroatoms. The van der Waals surface area contributed by atoms with Gasteiger partial charge in [-0.1, -0.05) is 0 Å². The molecule has 2 aromatic heterocycles. The molecule has 0 unspecified atom stereocenters. The zero-order valence-electron chi connectivity index (χ0n) is 10.7. The molecule has 0 amide bonds. The lowest BCUT2D eigenvalue weighted by Crippen LogP contribution is -2.06. The molecule has 0 saturated carbocycles. The predicted octanol–water partition coefficient (Wildman–Crippen LogP) is 2.73. The average molecular weight is 246 g/mol. The Morgan fingerprint density at radius 3 is 2.67 bits per heavy atom. The summed E-state index contributed by atoms with van der Waals surface area (Å²) in [4.78, 5) is 12.6. The van der Waals surface area contributed by atoms with E-state index in [0.29, 0.717) is 17.1 Å². The average Bonchev–Trinajstić information content (AvgIpc) is 2.33. The van der Waals surface area contributed by atoms with Crippen LogP contribution >= 0.6 is 0 Å². The molecule has 0 spiro atoms. The van der Waals surface area contributed by atoms with Crippen molar-refractivity contribution < 1.29 is 4.39 Å². The molecule has 0 aliphatic rings. The van der Waals surface area contributed by atoms with Crippen molar-refractivity contribution in [2.24, 2.45) is 0 Å². The summed E-state index contributed by atoms with van der Waals surface area (Å²) in [6, 6.07) is 1.43. The highest BCUT2D eigenvalue weighted by Crippen LogP contribution is 2.25. The third-order valence-electron chi connectivity index (χ3n) is 2.58. The summed E-state index contributed by atoms with van der Waals surface area (Å²) in [6.45, 7) is 6.51. The van der Waals surface area contributed by atoms with E-state index in [2.05, 4.69) is 20.3 Å². The maximum absolute atomic E-state index is 13.2.